The number of benzene rings is 2. The predicted molar refractivity (Wildman–Crippen MR) is 125 cm³/mol. The maximum absolute atomic E-state index is 13.3. The average Bonchev–Trinajstić information content (AvgIpc) is 3.22. The number of ether oxygens (including phenoxy) is 2. The Hall–Kier alpha value is -3.02. The summed E-state index contributed by atoms with van der Waals surface area (Å²) in [6, 6.07) is 15.3. The van der Waals surface area contributed by atoms with E-state index >= 15 is 0 Å². The number of amides is 2. The Bertz CT molecular complexity index is 921. The monoisotopic (exact) mass is 438 g/mol. The van der Waals surface area contributed by atoms with E-state index in [0.717, 1.165) is 16.9 Å². The van der Waals surface area contributed by atoms with Gasteiger partial charge in [0.1, 0.15) is 6.04 Å². The van der Waals surface area contributed by atoms with Gasteiger partial charge in [-0.15, -0.1) is 0 Å². The van der Waals surface area contributed by atoms with Crippen LogP contribution in [0.3, 0.4) is 0 Å². The smallest absolute Gasteiger partial charge is 0.243 e. The molecule has 6 heteroatoms. The fraction of sp³-hybridized carbons (Fsp3) is 0.462. The molecule has 1 aliphatic heterocycles. The van der Waals surface area contributed by atoms with Crippen molar-refractivity contribution in [2.24, 2.45) is 0 Å². The highest BCUT2D eigenvalue weighted by Gasteiger charge is 2.30. The highest BCUT2D eigenvalue weighted by Crippen LogP contribution is 2.32. The fourth-order valence-corrected chi connectivity index (χ4v) is 3.84. The molecule has 0 aromatic heterocycles. The van der Waals surface area contributed by atoms with Crippen molar-refractivity contribution in [1.82, 2.24) is 10.2 Å². The Morgan fingerprint density at radius 3 is 2.41 bits per heavy atom. The van der Waals surface area contributed by atoms with Gasteiger partial charge in [0.15, 0.2) is 11.5 Å². The van der Waals surface area contributed by atoms with E-state index < -0.39 is 6.04 Å². The molecule has 6 nitrogen and oxygen atoms in total. The predicted octanol–water partition coefficient (Wildman–Crippen LogP) is 4.11. The summed E-state index contributed by atoms with van der Waals surface area (Å²) < 4.78 is 10.8. The third-order valence-electron chi connectivity index (χ3n) is 5.43. The van der Waals surface area contributed by atoms with Crippen LogP contribution in [0, 0.1) is 0 Å². The summed E-state index contributed by atoms with van der Waals surface area (Å²) in [5.74, 6) is 1.32. The Morgan fingerprint density at radius 2 is 1.72 bits per heavy atom. The van der Waals surface area contributed by atoms with Crippen molar-refractivity contribution in [1.29, 1.82) is 0 Å². The second-order valence-corrected chi connectivity index (χ2v) is 9.17. The molecule has 0 radical (unpaired) electrons. The Balaban J connectivity index is 1.71. The zero-order valence-electron chi connectivity index (χ0n) is 19.5. The first-order chi connectivity index (χ1) is 15.3. The van der Waals surface area contributed by atoms with Gasteiger partial charge in [0.05, 0.1) is 0 Å². The number of fused-ring (bicyclic) bond motifs is 1. The van der Waals surface area contributed by atoms with Crippen LogP contribution in [-0.2, 0) is 22.4 Å². The minimum Gasteiger partial charge on any atom is -0.454 e. The quantitative estimate of drug-likeness (QED) is 0.640. The SMILES string of the molecule is CC[C@@H](C(=O)NC(C)(C)C)N(CCc1ccccc1)C(=O)CCc1ccc2c(c1)OCO2. The van der Waals surface area contributed by atoms with E-state index in [4.69, 9.17) is 9.47 Å². The van der Waals surface area contributed by atoms with Crippen LogP contribution in [0.5, 0.6) is 11.5 Å². The Labute approximate surface area is 190 Å². The Morgan fingerprint density at radius 1 is 1.00 bits per heavy atom. The molecule has 0 bridgehead atoms. The van der Waals surface area contributed by atoms with Crippen molar-refractivity contribution in [2.45, 2.75) is 65.0 Å². The zero-order chi connectivity index (χ0) is 23.1. The molecule has 172 valence electrons. The molecule has 0 fully saturated rings. The van der Waals surface area contributed by atoms with E-state index in [9.17, 15) is 9.59 Å². The normalized spacial score (nSPS) is 13.5. The first kappa shape index (κ1) is 23.6. The van der Waals surface area contributed by atoms with Crippen molar-refractivity contribution in [3.05, 3.63) is 59.7 Å². The minimum absolute atomic E-state index is 0.0190. The van der Waals surface area contributed by atoms with Crippen LogP contribution in [0.15, 0.2) is 48.5 Å². The summed E-state index contributed by atoms with van der Waals surface area (Å²) >= 11 is 0. The van der Waals surface area contributed by atoms with Gasteiger partial charge in [-0.2, -0.15) is 0 Å². The molecule has 1 N–H and O–H groups in total. The van der Waals surface area contributed by atoms with Crippen LogP contribution in [-0.4, -0.2) is 41.6 Å². The van der Waals surface area contributed by atoms with Crippen LogP contribution in [0.4, 0.5) is 0 Å². The van der Waals surface area contributed by atoms with Crippen molar-refractivity contribution >= 4 is 11.8 Å². The molecule has 3 rings (SSSR count). The third-order valence-corrected chi connectivity index (χ3v) is 5.43. The summed E-state index contributed by atoms with van der Waals surface area (Å²) in [6.07, 6.45) is 2.17. The van der Waals surface area contributed by atoms with Gasteiger partial charge < -0.3 is 19.7 Å². The lowest BCUT2D eigenvalue weighted by Gasteiger charge is -2.33. The number of hydrogen-bond acceptors (Lipinski definition) is 4. The van der Waals surface area contributed by atoms with Gasteiger partial charge in [0.2, 0.25) is 18.6 Å². The number of hydrogen-bond donors (Lipinski definition) is 1. The van der Waals surface area contributed by atoms with Crippen molar-refractivity contribution in [2.75, 3.05) is 13.3 Å². The van der Waals surface area contributed by atoms with Gasteiger partial charge in [0.25, 0.3) is 0 Å². The second-order valence-electron chi connectivity index (χ2n) is 9.17. The van der Waals surface area contributed by atoms with Gasteiger partial charge in [-0.1, -0.05) is 43.3 Å². The van der Waals surface area contributed by atoms with Gasteiger partial charge in [0, 0.05) is 18.5 Å². The van der Waals surface area contributed by atoms with Crippen LogP contribution in [0.25, 0.3) is 0 Å². The van der Waals surface area contributed by atoms with E-state index in [2.05, 4.69) is 5.32 Å². The fourth-order valence-electron chi connectivity index (χ4n) is 3.84. The standard InChI is InChI=1S/C26H34N2O4/c1-5-21(25(30)27-26(2,3)4)28(16-15-19-9-7-6-8-10-19)24(29)14-12-20-11-13-22-23(17-20)32-18-31-22/h6-11,13,17,21H,5,12,14-16,18H2,1-4H3,(H,27,30)/t21-/m0/s1. The molecule has 32 heavy (non-hydrogen) atoms. The van der Waals surface area contributed by atoms with Crippen molar-refractivity contribution in [3.63, 3.8) is 0 Å². The molecule has 2 aromatic rings. The summed E-state index contributed by atoms with van der Waals surface area (Å²) in [7, 11) is 0. The molecule has 1 heterocycles. The maximum atomic E-state index is 13.3. The first-order valence-electron chi connectivity index (χ1n) is 11.3. The Kier molecular flexibility index (Phi) is 7.78. The lowest BCUT2D eigenvalue weighted by atomic mass is 10.0. The number of rotatable bonds is 9. The lowest BCUT2D eigenvalue weighted by Crippen LogP contribution is -2.54. The first-order valence-corrected chi connectivity index (χ1v) is 11.3. The van der Waals surface area contributed by atoms with Gasteiger partial charge in [-0.3, -0.25) is 9.59 Å². The average molecular weight is 439 g/mol. The van der Waals surface area contributed by atoms with Crippen LogP contribution in [0.2, 0.25) is 0 Å². The molecule has 0 spiro atoms. The zero-order valence-corrected chi connectivity index (χ0v) is 19.5. The van der Waals surface area contributed by atoms with Gasteiger partial charge in [-0.25, -0.2) is 0 Å². The van der Waals surface area contributed by atoms with E-state index in [1.54, 1.807) is 4.90 Å². The summed E-state index contributed by atoms with van der Waals surface area (Å²) in [6.45, 7) is 8.54. The molecule has 0 saturated heterocycles. The van der Waals surface area contributed by atoms with E-state index in [1.807, 2.05) is 76.2 Å². The van der Waals surface area contributed by atoms with Crippen LogP contribution in [0.1, 0.15) is 51.7 Å². The third kappa shape index (κ3) is 6.49. The number of nitrogens with one attached hydrogen (secondary N) is 1. The van der Waals surface area contributed by atoms with Crippen LogP contribution < -0.4 is 14.8 Å². The topological polar surface area (TPSA) is 67.9 Å². The highest BCUT2D eigenvalue weighted by molar-refractivity contribution is 5.88. The van der Waals surface area contributed by atoms with Crippen LogP contribution >= 0.6 is 0 Å². The molecule has 2 amide bonds. The molecule has 0 saturated carbocycles. The number of carbonyl (C=O) groups excluding carboxylic acids is 2. The van der Waals surface area contributed by atoms with Crippen molar-refractivity contribution in [3.8, 4) is 11.5 Å². The lowest BCUT2D eigenvalue weighted by molar-refractivity contribution is -0.141. The molecular weight excluding hydrogens is 404 g/mol. The minimum atomic E-state index is -0.498. The molecule has 0 unspecified atom stereocenters. The number of carbonyl (C=O) groups is 2. The maximum Gasteiger partial charge on any atom is 0.243 e. The van der Waals surface area contributed by atoms with E-state index in [0.29, 0.717) is 38.0 Å². The number of aryl methyl sites for hydroxylation is 1. The largest absolute Gasteiger partial charge is 0.454 e. The molecule has 2 aromatic carbocycles. The molecule has 1 aliphatic rings. The summed E-state index contributed by atoms with van der Waals surface area (Å²) in [4.78, 5) is 28.1. The van der Waals surface area contributed by atoms with E-state index in [-0.39, 0.29) is 24.1 Å². The number of nitrogens with zero attached hydrogens (tertiary/aromatic N) is 1. The van der Waals surface area contributed by atoms with E-state index in [1.165, 1.54) is 0 Å². The molecule has 0 aliphatic carbocycles. The van der Waals surface area contributed by atoms with Gasteiger partial charge >= 0.3 is 0 Å². The molecular formula is C26H34N2O4. The van der Waals surface area contributed by atoms with Crippen molar-refractivity contribution < 1.29 is 19.1 Å². The summed E-state index contributed by atoms with van der Waals surface area (Å²) in [5.41, 5.74) is 1.80. The second kappa shape index (κ2) is 10.5. The van der Waals surface area contributed by atoms with Gasteiger partial charge in [-0.05, 0) is 63.3 Å². The molecule has 1 atom stereocenters. The highest BCUT2D eigenvalue weighted by atomic mass is 16.7. The summed E-state index contributed by atoms with van der Waals surface area (Å²) in [5, 5.41) is 3.04.